The largest absolute Gasteiger partial charge is 0.340 e. The second-order valence-corrected chi connectivity index (χ2v) is 5.11. The topological polar surface area (TPSA) is 49.4 Å². The Morgan fingerprint density at radius 2 is 2.12 bits per heavy atom. The van der Waals surface area contributed by atoms with Crippen LogP contribution in [0.15, 0.2) is 0 Å². The van der Waals surface area contributed by atoms with E-state index in [1.54, 1.807) is 4.90 Å². The lowest BCUT2D eigenvalue weighted by Gasteiger charge is -2.40. The molecule has 2 amide bonds. The summed E-state index contributed by atoms with van der Waals surface area (Å²) in [4.78, 5) is 25.6. The lowest BCUT2D eigenvalue weighted by Crippen LogP contribution is -2.66. The second kappa shape index (κ2) is 4.07. The van der Waals surface area contributed by atoms with Crippen molar-refractivity contribution >= 4 is 11.8 Å². The predicted octanol–water partition coefficient (Wildman–Crippen LogP) is 0.914. The van der Waals surface area contributed by atoms with E-state index in [0.717, 1.165) is 25.7 Å². The molecule has 1 aliphatic carbocycles. The Morgan fingerprint density at radius 1 is 1.44 bits per heavy atom. The Bertz CT molecular complexity index is 312. The van der Waals surface area contributed by atoms with Gasteiger partial charge in [0.15, 0.2) is 0 Å². The Labute approximate surface area is 96.4 Å². The first kappa shape index (κ1) is 11.4. The summed E-state index contributed by atoms with van der Waals surface area (Å²) in [6.07, 6.45) is 4.14. The molecule has 0 bridgehead atoms. The van der Waals surface area contributed by atoms with Crippen molar-refractivity contribution in [2.75, 3.05) is 13.1 Å². The maximum Gasteiger partial charge on any atom is 0.248 e. The van der Waals surface area contributed by atoms with Gasteiger partial charge in [0.05, 0.1) is 6.54 Å². The fraction of sp³-hybridized carbons (Fsp3) is 0.833. The number of amides is 2. The highest BCUT2D eigenvalue weighted by atomic mass is 16.2. The van der Waals surface area contributed by atoms with Crippen LogP contribution < -0.4 is 5.32 Å². The molecule has 1 N–H and O–H groups in total. The highest BCUT2D eigenvalue weighted by Crippen LogP contribution is 2.41. The van der Waals surface area contributed by atoms with E-state index >= 15 is 0 Å². The van der Waals surface area contributed by atoms with E-state index in [1.807, 2.05) is 6.92 Å². The second-order valence-electron chi connectivity index (χ2n) is 5.11. The van der Waals surface area contributed by atoms with E-state index in [2.05, 4.69) is 12.2 Å². The zero-order valence-electron chi connectivity index (χ0n) is 10.1. The predicted molar refractivity (Wildman–Crippen MR) is 60.8 cm³/mol. The SMILES string of the molecule is CCCCN1CC(=O)NC(C)(C2CC2)C1=O. The summed E-state index contributed by atoms with van der Waals surface area (Å²) in [7, 11) is 0. The van der Waals surface area contributed by atoms with Gasteiger partial charge in [0.1, 0.15) is 5.54 Å². The Morgan fingerprint density at radius 3 is 2.69 bits per heavy atom. The van der Waals surface area contributed by atoms with Crippen molar-refractivity contribution in [1.82, 2.24) is 10.2 Å². The molecule has 0 aromatic rings. The van der Waals surface area contributed by atoms with Gasteiger partial charge in [-0.2, -0.15) is 0 Å². The summed E-state index contributed by atoms with van der Waals surface area (Å²) in [5, 5.41) is 2.88. The van der Waals surface area contributed by atoms with E-state index in [4.69, 9.17) is 0 Å². The van der Waals surface area contributed by atoms with Crippen molar-refractivity contribution in [3.05, 3.63) is 0 Å². The van der Waals surface area contributed by atoms with Crippen molar-refractivity contribution in [2.24, 2.45) is 5.92 Å². The molecule has 2 fully saturated rings. The first-order valence-electron chi connectivity index (χ1n) is 6.18. The van der Waals surface area contributed by atoms with Gasteiger partial charge >= 0.3 is 0 Å². The van der Waals surface area contributed by atoms with Crippen LogP contribution in [0.3, 0.4) is 0 Å². The van der Waals surface area contributed by atoms with Crippen LogP contribution in [0.25, 0.3) is 0 Å². The number of hydrogen-bond acceptors (Lipinski definition) is 2. The molecule has 16 heavy (non-hydrogen) atoms. The zero-order valence-corrected chi connectivity index (χ0v) is 10.1. The van der Waals surface area contributed by atoms with Gasteiger partial charge in [0, 0.05) is 6.54 Å². The molecule has 1 atom stereocenters. The average Bonchev–Trinajstić information content (AvgIpc) is 3.05. The molecule has 1 unspecified atom stereocenters. The zero-order chi connectivity index (χ0) is 11.8. The van der Waals surface area contributed by atoms with Crippen LogP contribution in [0, 0.1) is 5.92 Å². The van der Waals surface area contributed by atoms with Gasteiger partial charge in [-0.3, -0.25) is 9.59 Å². The van der Waals surface area contributed by atoms with Crippen LogP contribution in [0.5, 0.6) is 0 Å². The molecule has 0 radical (unpaired) electrons. The van der Waals surface area contributed by atoms with Crippen molar-refractivity contribution in [3.63, 3.8) is 0 Å². The van der Waals surface area contributed by atoms with E-state index in [0.29, 0.717) is 12.5 Å². The number of nitrogens with one attached hydrogen (secondary N) is 1. The van der Waals surface area contributed by atoms with Crippen LogP contribution in [-0.4, -0.2) is 35.3 Å². The lowest BCUT2D eigenvalue weighted by atomic mass is 9.91. The van der Waals surface area contributed by atoms with E-state index in [-0.39, 0.29) is 18.4 Å². The van der Waals surface area contributed by atoms with Crippen molar-refractivity contribution < 1.29 is 9.59 Å². The molecule has 1 saturated carbocycles. The van der Waals surface area contributed by atoms with Crippen LogP contribution in [0.1, 0.15) is 39.5 Å². The third-order valence-corrected chi connectivity index (χ3v) is 3.64. The molecule has 1 saturated heterocycles. The molecule has 4 heteroatoms. The smallest absolute Gasteiger partial charge is 0.248 e. The monoisotopic (exact) mass is 224 g/mol. The van der Waals surface area contributed by atoms with Crippen LogP contribution in [-0.2, 0) is 9.59 Å². The number of carbonyl (C=O) groups is 2. The van der Waals surface area contributed by atoms with E-state index in [9.17, 15) is 9.59 Å². The summed E-state index contributed by atoms with van der Waals surface area (Å²) < 4.78 is 0. The minimum atomic E-state index is -0.622. The molecule has 4 nitrogen and oxygen atoms in total. The molecule has 1 heterocycles. The van der Waals surface area contributed by atoms with Crippen LogP contribution >= 0.6 is 0 Å². The minimum Gasteiger partial charge on any atom is -0.340 e. The third kappa shape index (κ3) is 1.93. The molecule has 0 aromatic carbocycles. The third-order valence-electron chi connectivity index (χ3n) is 3.64. The Hall–Kier alpha value is -1.06. The standard InChI is InChI=1S/C12H20N2O2/c1-3-4-7-14-8-10(15)13-12(2,11(14)16)9-5-6-9/h9H,3-8H2,1-2H3,(H,13,15). The molecule has 1 aliphatic heterocycles. The number of rotatable bonds is 4. The molecule has 90 valence electrons. The van der Waals surface area contributed by atoms with Crippen LogP contribution in [0.4, 0.5) is 0 Å². The maximum absolute atomic E-state index is 12.3. The number of hydrogen-bond donors (Lipinski definition) is 1. The van der Waals surface area contributed by atoms with Crippen molar-refractivity contribution in [1.29, 1.82) is 0 Å². The number of nitrogens with zero attached hydrogens (tertiary/aromatic N) is 1. The van der Waals surface area contributed by atoms with Gasteiger partial charge in [-0.25, -0.2) is 0 Å². The summed E-state index contributed by atoms with van der Waals surface area (Å²) in [5.74, 6) is 0.460. The normalized spacial score (nSPS) is 30.5. The van der Waals surface area contributed by atoms with Crippen molar-refractivity contribution in [2.45, 2.75) is 45.1 Å². The molecule has 2 aliphatic rings. The fourth-order valence-electron chi connectivity index (χ4n) is 2.42. The number of piperazine rings is 1. The van der Waals surface area contributed by atoms with Crippen LogP contribution in [0.2, 0.25) is 0 Å². The first-order valence-corrected chi connectivity index (χ1v) is 6.18. The number of unbranched alkanes of at least 4 members (excludes halogenated alkanes) is 1. The Balaban J connectivity index is 2.09. The summed E-state index contributed by atoms with van der Waals surface area (Å²) in [6, 6.07) is 0. The quantitative estimate of drug-likeness (QED) is 0.771. The van der Waals surface area contributed by atoms with E-state index in [1.165, 1.54) is 0 Å². The minimum absolute atomic E-state index is 0.00916. The summed E-state index contributed by atoms with van der Waals surface area (Å²) in [6.45, 7) is 4.92. The highest BCUT2D eigenvalue weighted by Gasteiger charge is 2.52. The molecular formula is C12H20N2O2. The van der Waals surface area contributed by atoms with Gasteiger partial charge in [0.25, 0.3) is 0 Å². The van der Waals surface area contributed by atoms with E-state index < -0.39 is 5.54 Å². The lowest BCUT2D eigenvalue weighted by molar-refractivity contribution is -0.150. The average molecular weight is 224 g/mol. The molecule has 0 aromatic heterocycles. The summed E-state index contributed by atoms with van der Waals surface area (Å²) in [5.41, 5.74) is -0.622. The fourth-order valence-corrected chi connectivity index (χ4v) is 2.42. The van der Waals surface area contributed by atoms with Gasteiger partial charge < -0.3 is 10.2 Å². The van der Waals surface area contributed by atoms with Gasteiger partial charge in [0.2, 0.25) is 11.8 Å². The first-order chi connectivity index (χ1) is 7.58. The number of carbonyl (C=O) groups excluding carboxylic acids is 2. The molecule has 0 spiro atoms. The molecule has 2 rings (SSSR count). The maximum atomic E-state index is 12.3. The van der Waals surface area contributed by atoms with Gasteiger partial charge in [-0.15, -0.1) is 0 Å². The summed E-state index contributed by atoms with van der Waals surface area (Å²) >= 11 is 0. The molecular weight excluding hydrogens is 204 g/mol. The van der Waals surface area contributed by atoms with Crippen molar-refractivity contribution in [3.8, 4) is 0 Å². The highest BCUT2D eigenvalue weighted by molar-refractivity contribution is 5.98. The van der Waals surface area contributed by atoms with Gasteiger partial charge in [-0.05, 0) is 32.1 Å². The Kier molecular flexibility index (Phi) is 2.91. The van der Waals surface area contributed by atoms with Gasteiger partial charge in [-0.1, -0.05) is 13.3 Å².